The molecule has 0 aliphatic rings. The first-order valence-electron chi connectivity index (χ1n) is 8.34. The zero-order chi connectivity index (χ0) is 20.3. The van der Waals surface area contributed by atoms with Gasteiger partial charge in [0.05, 0.1) is 4.92 Å². The molecule has 0 bridgehead atoms. The lowest BCUT2D eigenvalue weighted by Crippen LogP contribution is -2.13. The molecule has 0 saturated carbocycles. The first-order chi connectivity index (χ1) is 13.3. The van der Waals surface area contributed by atoms with Crippen molar-refractivity contribution in [3.05, 3.63) is 76.0 Å². The molecule has 3 rings (SSSR count). The molecule has 0 radical (unpaired) electrons. The second-order valence-corrected chi connectivity index (χ2v) is 6.09. The fourth-order valence-corrected chi connectivity index (χ4v) is 2.62. The maximum atomic E-state index is 11.5. The van der Waals surface area contributed by atoms with Gasteiger partial charge in [-0.15, -0.1) is 0 Å². The third-order valence-electron chi connectivity index (χ3n) is 4.19. The molecule has 0 aliphatic carbocycles. The number of nitro benzene ring substituents is 1. The van der Waals surface area contributed by atoms with Crippen molar-refractivity contribution in [3.63, 3.8) is 0 Å². The molecule has 28 heavy (non-hydrogen) atoms. The minimum Gasteiger partial charge on any atom is -0.366 e. The lowest BCUT2D eigenvalue weighted by atomic mass is 10.1. The SMILES string of the molecule is Cc1ccc(Nc2nccc(N(C)c3ccc([N+](=O)[O-])cc3)n2)cc1C(N)=O. The minimum atomic E-state index is -0.506. The van der Waals surface area contributed by atoms with E-state index < -0.39 is 10.8 Å². The Morgan fingerprint density at radius 2 is 1.89 bits per heavy atom. The number of hydrogen-bond donors (Lipinski definition) is 2. The van der Waals surface area contributed by atoms with Gasteiger partial charge in [-0.05, 0) is 42.8 Å². The molecule has 2 aromatic carbocycles. The summed E-state index contributed by atoms with van der Waals surface area (Å²) in [5.74, 6) is 0.424. The number of aryl methyl sites for hydroxylation is 1. The number of nitrogens with two attached hydrogens (primary N) is 1. The van der Waals surface area contributed by atoms with Crippen molar-refractivity contribution in [1.29, 1.82) is 0 Å². The number of nitro groups is 1. The normalized spacial score (nSPS) is 10.4. The van der Waals surface area contributed by atoms with E-state index in [1.165, 1.54) is 12.1 Å². The Bertz CT molecular complexity index is 1040. The number of primary amides is 1. The van der Waals surface area contributed by atoms with Gasteiger partial charge in [0, 0.05) is 42.3 Å². The summed E-state index contributed by atoms with van der Waals surface area (Å²) in [5, 5.41) is 13.8. The molecule has 0 aliphatic heterocycles. The van der Waals surface area contributed by atoms with Crippen molar-refractivity contribution in [3.8, 4) is 0 Å². The number of amides is 1. The van der Waals surface area contributed by atoms with E-state index in [0.717, 1.165) is 11.3 Å². The summed E-state index contributed by atoms with van der Waals surface area (Å²) in [6.07, 6.45) is 1.59. The molecule has 0 spiro atoms. The molecule has 1 aromatic heterocycles. The van der Waals surface area contributed by atoms with E-state index in [2.05, 4.69) is 15.3 Å². The van der Waals surface area contributed by atoms with E-state index in [9.17, 15) is 14.9 Å². The van der Waals surface area contributed by atoms with Crippen LogP contribution in [0.2, 0.25) is 0 Å². The average molecular weight is 378 g/mol. The van der Waals surface area contributed by atoms with E-state index in [4.69, 9.17) is 5.73 Å². The highest BCUT2D eigenvalue weighted by Crippen LogP contribution is 2.25. The molecule has 0 saturated heterocycles. The smallest absolute Gasteiger partial charge is 0.269 e. The zero-order valence-corrected chi connectivity index (χ0v) is 15.3. The van der Waals surface area contributed by atoms with Crippen LogP contribution in [0, 0.1) is 17.0 Å². The van der Waals surface area contributed by atoms with Gasteiger partial charge in [0.1, 0.15) is 5.82 Å². The molecule has 3 aromatic rings. The Labute approximate surface area is 161 Å². The van der Waals surface area contributed by atoms with Crippen LogP contribution in [-0.2, 0) is 0 Å². The van der Waals surface area contributed by atoms with Gasteiger partial charge in [-0.3, -0.25) is 14.9 Å². The number of nitrogens with one attached hydrogen (secondary N) is 1. The van der Waals surface area contributed by atoms with Crippen LogP contribution in [0.3, 0.4) is 0 Å². The molecule has 0 atom stereocenters. The molecule has 0 unspecified atom stereocenters. The van der Waals surface area contributed by atoms with Gasteiger partial charge in [0.25, 0.3) is 5.69 Å². The first-order valence-corrected chi connectivity index (χ1v) is 8.34. The van der Waals surface area contributed by atoms with E-state index in [1.807, 2.05) is 0 Å². The van der Waals surface area contributed by atoms with Crippen LogP contribution in [0.15, 0.2) is 54.7 Å². The predicted octanol–water partition coefficient (Wildman–Crippen LogP) is 3.30. The topological polar surface area (TPSA) is 127 Å². The number of carbonyl (C=O) groups is 1. The molecule has 3 N–H and O–H groups in total. The van der Waals surface area contributed by atoms with Gasteiger partial charge in [0.2, 0.25) is 11.9 Å². The highest BCUT2D eigenvalue weighted by atomic mass is 16.6. The standard InChI is InChI=1S/C19H18N6O3/c1-12-3-4-13(11-16(12)18(20)26)22-19-21-10-9-17(23-19)24(2)14-5-7-15(8-6-14)25(27)28/h3-11H,1-2H3,(H2,20,26)(H,21,22,23). The summed E-state index contributed by atoms with van der Waals surface area (Å²) < 4.78 is 0. The van der Waals surface area contributed by atoms with E-state index in [-0.39, 0.29) is 5.69 Å². The third kappa shape index (κ3) is 4.04. The van der Waals surface area contributed by atoms with Gasteiger partial charge in [0.15, 0.2) is 0 Å². The number of benzene rings is 2. The van der Waals surface area contributed by atoms with Gasteiger partial charge < -0.3 is 16.0 Å². The number of nitrogens with zero attached hydrogens (tertiary/aromatic N) is 4. The summed E-state index contributed by atoms with van der Waals surface area (Å²) >= 11 is 0. The van der Waals surface area contributed by atoms with E-state index >= 15 is 0 Å². The molecular formula is C19H18N6O3. The Hall–Kier alpha value is -4.01. The van der Waals surface area contributed by atoms with Gasteiger partial charge in [-0.1, -0.05) is 6.07 Å². The maximum Gasteiger partial charge on any atom is 0.269 e. The predicted molar refractivity (Wildman–Crippen MR) is 106 cm³/mol. The Balaban J connectivity index is 1.83. The van der Waals surface area contributed by atoms with Gasteiger partial charge in [-0.2, -0.15) is 4.98 Å². The van der Waals surface area contributed by atoms with Crippen LogP contribution in [0.25, 0.3) is 0 Å². The number of hydrogen-bond acceptors (Lipinski definition) is 7. The van der Waals surface area contributed by atoms with E-state index in [1.54, 1.807) is 61.5 Å². The lowest BCUT2D eigenvalue weighted by molar-refractivity contribution is -0.384. The molecule has 1 amide bonds. The lowest BCUT2D eigenvalue weighted by Gasteiger charge is -2.18. The highest BCUT2D eigenvalue weighted by molar-refractivity contribution is 5.95. The van der Waals surface area contributed by atoms with Crippen molar-refractivity contribution in [2.45, 2.75) is 6.92 Å². The fraction of sp³-hybridized carbons (Fsp3) is 0.105. The van der Waals surface area contributed by atoms with Crippen molar-refractivity contribution < 1.29 is 9.72 Å². The minimum absolute atomic E-state index is 0.0202. The first kappa shape index (κ1) is 18.8. The second kappa shape index (κ2) is 7.70. The summed E-state index contributed by atoms with van der Waals surface area (Å²) in [5.41, 5.74) is 7.98. The van der Waals surface area contributed by atoms with Crippen LogP contribution in [-0.4, -0.2) is 27.8 Å². The van der Waals surface area contributed by atoms with Gasteiger partial charge in [-0.25, -0.2) is 4.98 Å². The van der Waals surface area contributed by atoms with Crippen molar-refractivity contribution in [2.24, 2.45) is 5.73 Å². The molecular weight excluding hydrogens is 360 g/mol. The Kier molecular flexibility index (Phi) is 5.16. The third-order valence-corrected chi connectivity index (χ3v) is 4.19. The van der Waals surface area contributed by atoms with Gasteiger partial charge >= 0.3 is 0 Å². The monoisotopic (exact) mass is 378 g/mol. The maximum absolute atomic E-state index is 11.5. The summed E-state index contributed by atoms with van der Waals surface area (Å²) in [4.78, 5) is 32.3. The molecule has 9 heteroatoms. The number of rotatable bonds is 6. The molecule has 9 nitrogen and oxygen atoms in total. The van der Waals surface area contributed by atoms with Crippen LogP contribution < -0.4 is 16.0 Å². The summed E-state index contributed by atoms with van der Waals surface area (Å²) in [6.45, 7) is 1.81. The van der Waals surface area contributed by atoms with Crippen molar-refractivity contribution in [2.75, 3.05) is 17.3 Å². The molecule has 0 fully saturated rings. The Morgan fingerprint density at radius 3 is 2.54 bits per heavy atom. The van der Waals surface area contributed by atoms with Crippen LogP contribution in [0.1, 0.15) is 15.9 Å². The number of aromatic nitrogens is 2. The summed E-state index contributed by atoms with van der Waals surface area (Å²) in [6, 6.07) is 13.1. The number of non-ortho nitro benzene ring substituents is 1. The van der Waals surface area contributed by atoms with Crippen LogP contribution in [0.5, 0.6) is 0 Å². The van der Waals surface area contributed by atoms with Crippen molar-refractivity contribution in [1.82, 2.24) is 9.97 Å². The fourth-order valence-electron chi connectivity index (χ4n) is 2.62. The second-order valence-electron chi connectivity index (χ2n) is 6.09. The Morgan fingerprint density at radius 1 is 1.18 bits per heavy atom. The average Bonchev–Trinajstić information content (AvgIpc) is 2.69. The summed E-state index contributed by atoms with van der Waals surface area (Å²) in [7, 11) is 1.80. The number of carbonyl (C=O) groups excluding carboxylic acids is 1. The van der Waals surface area contributed by atoms with E-state index in [0.29, 0.717) is 23.0 Å². The van der Waals surface area contributed by atoms with Crippen molar-refractivity contribution >= 4 is 34.7 Å². The quantitative estimate of drug-likeness (QED) is 0.497. The highest BCUT2D eigenvalue weighted by Gasteiger charge is 2.11. The van der Waals surface area contributed by atoms with Crippen LogP contribution in [0.4, 0.5) is 28.8 Å². The molecule has 142 valence electrons. The van der Waals surface area contributed by atoms with Crippen LogP contribution >= 0.6 is 0 Å². The molecule has 1 heterocycles. The largest absolute Gasteiger partial charge is 0.366 e. The number of anilines is 4. The zero-order valence-electron chi connectivity index (χ0n) is 15.3.